The molecule has 0 radical (unpaired) electrons. The van der Waals surface area contributed by atoms with Gasteiger partial charge in [0.25, 0.3) is 5.60 Å². The van der Waals surface area contributed by atoms with Crippen molar-refractivity contribution in [1.82, 2.24) is 0 Å². The minimum atomic E-state index is -5.22. The number of carboxylic acids is 1. The Balaban J connectivity index is 2.21. The molecule has 7 heteroatoms. The first-order valence-electron chi connectivity index (χ1n) is 7.58. The van der Waals surface area contributed by atoms with Crippen LogP contribution in [-0.4, -0.2) is 28.6 Å². The van der Waals surface area contributed by atoms with Gasteiger partial charge in [0.15, 0.2) is 5.78 Å². The molecule has 1 aliphatic rings. The third-order valence-corrected chi connectivity index (χ3v) is 4.18. The van der Waals surface area contributed by atoms with Crippen molar-refractivity contribution >= 4 is 17.8 Å². The summed E-state index contributed by atoms with van der Waals surface area (Å²) in [6.45, 7) is 0.660. The number of hydrogen-bond acceptors (Lipinski definition) is 3. The van der Waals surface area contributed by atoms with E-state index in [0.29, 0.717) is 12.5 Å². The molecule has 26 heavy (non-hydrogen) atoms. The zero-order valence-corrected chi connectivity index (χ0v) is 13.5. The van der Waals surface area contributed by atoms with E-state index >= 15 is 0 Å². The topological polar surface area (TPSA) is 63.6 Å². The zero-order chi connectivity index (χ0) is 19.1. The van der Waals surface area contributed by atoms with Crippen LogP contribution in [0.25, 0.3) is 17.2 Å². The molecule has 2 aromatic rings. The monoisotopic (exact) mass is 362 g/mol. The van der Waals surface area contributed by atoms with E-state index in [1.165, 1.54) is 12.1 Å². The smallest absolute Gasteiger partial charge is 0.440 e. The third kappa shape index (κ3) is 2.65. The molecule has 3 rings (SSSR count). The normalized spacial score (nSPS) is 19.2. The lowest BCUT2D eigenvalue weighted by Crippen LogP contribution is -2.59. The maximum Gasteiger partial charge on any atom is 0.440 e. The summed E-state index contributed by atoms with van der Waals surface area (Å²) in [6.07, 6.45) is -4.37. The van der Waals surface area contributed by atoms with Gasteiger partial charge in [-0.2, -0.15) is 13.2 Å². The summed E-state index contributed by atoms with van der Waals surface area (Å²) in [5.74, 6) is -3.52. The predicted octanol–water partition coefficient (Wildman–Crippen LogP) is 4.10. The number of carbonyl (C=O) groups excluding carboxylic acids is 1. The van der Waals surface area contributed by atoms with E-state index in [1.807, 2.05) is 18.2 Å². The van der Waals surface area contributed by atoms with Crippen molar-refractivity contribution in [3.8, 4) is 16.9 Å². The van der Waals surface area contributed by atoms with Crippen molar-refractivity contribution in [3.63, 3.8) is 0 Å². The van der Waals surface area contributed by atoms with E-state index in [-0.39, 0.29) is 11.3 Å². The minimum absolute atomic E-state index is 0.157. The highest BCUT2D eigenvalue weighted by atomic mass is 19.4. The highest BCUT2D eigenvalue weighted by molar-refractivity contribution is 6.06. The molecule has 1 aliphatic heterocycles. The molecule has 1 unspecified atom stereocenters. The minimum Gasteiger partial charge on any atom is -0.478 e. The second kappa shape index (κ2) is 6.01. The number of benzene rings is 2. The summed E-state index contributed by atoms with van der Waals surface area (Å²) in [4.78, 5) is 23.3. The van der Waals surface area contributed by atoms with Crippen LogP contribution in [0.2, 0.25) is 0 Å². The molecule has 0 saturated heterocycles. The Bertz CT molecular complexity index is 916. The standard InChI is InChI=1S/C19H13F3O4/c1-11(23)18(19(20,21)22)15(17(24)25)10-14-9-13(7-8-16(14)26-18)12-5-3-2-4-6-12/h2-10H,1H3,(H,24,25). The van der Waals surface area contributed by atoms with Crippen LogP contribution in [0.4, 0.5) is 13.2 Å². The van der Waals surface area contributed by atoms with Crippen LogP contribution in [0, 0.1) is 0 Å². The van der Waals surface area contributed by atoms with Crippen LogP contribution >= 0.6 is 0 Å². The number of ketones is 1. The third-order valence-electron chi connectivity index (χ3n) is 4.18. The Hall–Kier alpha value is -3.09. The Kier molecular flexibility index (Phi) is 4.10. The Morgan fingerprint density at radius 3 is 2.23 bits per heavy atom. The van der Waals surface area contributed by atoms with Crippen molar-refractivity contribution < 1.29 is 32.6 Å². The molecule has 2 aromatic carbocycles. The maximum absolute atomic E-state index is 13.6. The van der Waals surface area contributed by atoms with Gasteiger partial charge in [-0.05, 0) is 36.3 Å². The molecule has 0 saturated carbocycles. The van der Waals surface area contributed by atoms with E-state index < -0.39 is 29.1 Å². The number of aliphatic carboxylic acids is 1. The summed E-state index contributed by atoms with van der Waals surface area (Å²) in [5.41, 5.74) is -3.05. The van der Waals surface area contributed by atoms with E-state index in [2.05, 4.69) is 0 Å². The molecule has 1 N–H and O–H groups in total. The first-order chi connectivity index (χ1) is 12.2. The molecule has 1 atom stereocenters. The highest BCUT2D eigenvalue weighted by Crippen LogP contribution is 2.46. The summed E-state index contributed by atoms with van der Waals surface area (Å²) in [6, 6.07) is 13.4. The van der Waals surface area contributed by atoms with Gasteiger partial charge in [-0.3, -0.25) is 4.79 Å². The number of ether oxygens (including phenoxy) is 1. The number of fused-ring (bicyclic) bond motifs is 1. The molecule has 0 aromatic heterocycles. The second-order valence-electron chi connectivity index (χ2n) is 5.82. The lowest BCUT2D eigenvalue weighted by Gasteiger charge is -2.37. The molecule has 0 amide bonds. The average molecular weight is 362 g/mol. The average Bonchev–Trinajstić information content (AvgIpc) is 2.59. The van der Waals surface area contributed by atoms with E-state index in [4.69, 9.17) is 4.74 Å². The first kappa shape index (κ1) is 17.7. The summed E-state index contributed by atoms with van der Waals surface area (Å²) < 4.78 is 45.9. The Morgan fingerprint density at radius 1 is 1.04 bits per heavy atom. The fourth-order valence-electron chi connectivity index (χ4n) is 2.93. The SMILES string of the molecule is CC(=O)C1(C(F)(F)F)Oc2ccc(-c3ccccc3)cc2C=C1C(=O)O. The van der Waals surface area contributed by atoms with Gasteiger partial charge in [-0.15, -0.1) is 0 Å². The molecular formula is C19H13F3O4. The van der Waals surface area contributed by atoms with Crippen LogP contribution in [-0.2, 0) is 9.59 Å². The zero-order valence-electron chi connectivity index (χ0n) is 13.5. The van der Waals surface area contributed by atoms with Crippen molar-refractivity contribution in [2.24, 2.45) is 0 Å². The lowest BCUT2D eigenvalue weighted by molar-refractivity contribution is -0.229. The van der Waals surface area contributed by atoms with Crippen molar-refractivity contribution in [2.75, 3.05) is 0 Å². The van der Waals surface area contributed by atoms with Gasteiger partial charge in [0.1, 0.15) is 5.75 Å². The van der Waals surface area contributed by atoms with E-state index in [0.717, 1.165) is 11.6 Å². The summed E-state index contributed by atoms with van der Waals surface area (Å²) >= 11 is 0. The van der Waals surface area contributed by atoms with Gasteiger partial charge in [0, 0.05) is 5.56 Å². The maximum atomic E-state index is 13.6. The van der Waals surface area contributed by atoms with Crippen molar-refractivity contribution in [1.29, 1.82) is 0 Å². The first-order valence-corrected chi connectivity index (χ1v) is 7.58. The lowest BCUT2D eigenvalue weighted by atomic mass is 9.84. The highest BCUT2D eigenvalue weighted by Gasteiger charge is 2.66. The molecule has 4 nitrogen and oxygen atoms in total. The second-order valence-corrected chi connectivity index (χ2v) is 5.82. The van der Waals surface area contributed by atoms with Crippen LogP contribution in [0.3, 0.4) is 0 Å². The molecular weight excluding hydrogens is 349 g/mol. The van der Waals surface area contributed by atoms with Crippen LogP contribution in [0.15, 0.2) is 54.1 Å². The molecule has 0 fully saturated rings. The van der Waals surface area contributed by atoms with Crippen molar-refractivity contribution in [2.45, 2.75) is 18.7 Å². The largest absolute Gasteiger partial charge is 0.478 e. The van der Waals surface area contributed by atoms with Crippen LogP contribution < -0.4 is 4.74 Å². The fraction of sp³-hybridized carbons (Fsp3) is 0.158. The molecule has 0 spiro atoms. The fourth-order valence-corrected chi connectivity index (χ4v) is 2.93. The molecule has 0 aliphatic carbocycles. The van der Waals surface area contributed by atoms with Gasteiger partial charge < -0.3 is 9.84 Å². The number of rotatable bonds is 3. The Labute approximate surface area is 146 Å². The number of hydrogen-bond donors (Lipinski definition) is 1. The van der Waals surface area contributed by atoms with Gasteiger partial charge in [-0.25, -0.2) is 4.79 Å². The number of alkyl halides is 3. The number of carboxylic acid groups (broad SMARTS) is 1. The summed E-state index contributed by atoms with van der Waals surface area (Å²) in [5, 5.41) is 9.30. The van der Waals surface area contributed by atoms with Gasteiger partial charge >= 0.3 is 12.1 Å². The molecule has 0 bridgehead atoms. The van der Waals surface area contributed by atoms with Crippen LogP contribution in [0.5, 0.6) is 5.75 Å². The van der Waals surface area contributed by atoms with Crippen LogP contribution in [0.1, 0.15) is 12.5 Å². The number of halogens is 3. The number of carbonyl (C=O) groups is 2. The van der Waals surface area contributed by atoms with Crippen molar-refractivity contribution in [3.05, 3.63) is 59.7 Å². The van der Waals surface area contributed by atoms with E-state index in [1.54, 1.807) is 18.2 Å². The Morgan fingerprint density at radius 2 is 1.69 bits per heavy atom. The summed E-state index contributed by atoms with van der Waals surface area (Å²) in [7, 11) is 0. The van der Waals surface area contributed by atoms with Gasteiger partial charge in [-0.1, -0.05) is 36.4 Å². The predicted molar refractivity (Wildman–Crippen MR) is 87.6 cm³/mol. The quantitative estimate of drug-likeness (QED) is 0.893. The van der Waals surface area contributed by atoms with Gasteiger partial charge in [0.2, 0.25) is 0 Å². The van der Waals surface area contributed by atoms with Gasteiger partial charge in [0.05, 0.1) is 5.57 Å². The number of Topliss-reactive ketones (excluding diaryl/α,β-unsaturated/α-hetero) is 1. The molecule has 134 valence electrons. The van der Waals surface area contributed by atoms with E-state index in [9.17, 15) is 27.9 Å². The molecule has 1 heterocycles.